The molecule has 3 heteroatoms. The molecule has 1 N–H and O–H groups in total. The molecule has 1 aliphatic carbocycles. The molecule has 0 amide bonds. The van der Waals surface area contributed by atoms with Gasteiger partial charge in [-0.25, -0.2) is 0 Å². The van der Waals surface area contributed by atoms with Gasteiger partial charge in [-0.3, -0.25) is 0 Å². The molecule has 0 spiro atoms. The Morgan fingerprint density at radius 3 is 2.81 bits per heavy atom. The number of hydrogen-bond acceptors (Lipinski definition) is 3. The van der Waals surface area contributed by atoms with Gasteiger partial charge in [0.1, 0.15) is 11.9 Å². The van der Waals surface area contributed by atoms with Gasteiger partial charge in [-0.2, -0.15) is 0 Å². The van der Waals surface area contributed by atoms with E-state index in [9.17, 15) is 5.11 Å². The Bertz CT molecular complexity index is 472. The van der Waals surface area contributed by atoms with Crippen molar-refractivity contribution < 1.29 is 14.6 Å². The maximum atomic E-state index is 11.1. The van der Waals surface area contributed by atoms with Crippen LogP contribution < -0.4 is 4.74 Å². The molecule has 21 heavy (non-hydrogen) atoms. The number of aryl methyl sites for hydroxylation is 1. The van der Waals surface area contributed by atoms with Gasteiger partial charge < -0.3 is 14.6 Å². The Balaban J connectivity index is 1.94. The maximum absolute atomic E-state index is 11.1. The van der Waals surface area contributed by atoms with E-state index in [4.69, 9.17) is 9.47 Å². The van der Waals surface area contributed by atoms with Gasteiger partial charge in [0, 0.05) is 12.2 Å². The lowest BCUT2D eigenvalue weighted by Gasteiger charge is -2.41. The van der Waals surface area contributed by atoms with Gasteiger partial charge in [0.25, 0.3) is 0 Å². The molecular formula is C18H26O3. The third kappa shape index (κ3) is 2.82. The highest BCUT2D eigenvalue weighted by atomic mass is 16.5. The summed E-state index contributed by atoms with van der Waals surface area (Å²) in [5.41, 5.74) is 1.71. The van der Waals surface area contributed by atoms with E-state index in [1.807, 2.05) is 19.1 Å². The molecule has 0 bridgehead atoms. The summed E-state index contributed by atoms with van der Waals surface area (Å²) in [4.78, 5) is 0. The predicted molar refractivity (Wildman–Crippen MR) is 82.7 cm³/mol. The molecule has 1 unspecified atom stereocenters. The largest absolute Gasteiger partial charge is 0.493 e. The van der Waals surface area contributed by atoms with E-state index in [1.54, 1.807) is 0 Å². The van der Waals surface area contributed by atoms with Crippen molar-refractivity contribution in [3.05, 3.63) is 29.3 Å². The quantitative estimate of drug-likeness (QED) is 0.917. The first-order valence-corrected chi connectivity index (χ1v) is 8.33. The minimum Gasteiger partial charge on any atom is -0.493 e. The van der Waals surface area contributed by atoms with Crippen LogP contribution in [0.5, 0.6) is 5.75 Å². The highest BCUT2D eigenvalue weighted by molar-refractivity contribution is 5.45. The van der Waals surface area contributed by atoms with Crippen molar-refractivity contribution in [1.29, 1.82) is 0 Å². The molecule has 1 aromatic rings. The monoisotopic (exact) mass is 290 g/mol. The number of fused-ring (bicyclic) bond motifs is 1. The summed E-state index contributed by atoms with van der Waals surface area (Å²) in [5, 5.41) is 11.1. The molecule has 1 atom stereocenters. The first kappa shape index (κ1) is 14.9. The summed E-state index contributed by atoms with van der Waals surface area (Å²) < 4.78 is 11.9. The van der Waals surface area contributed by atoms with Crippen LogP contribution in [-0.4, -0.2) is 23.9 Å². The van der Waals surface area contributed by atoms with E-state index < -0.39 is 11.7 Å². The van der Waals surface area contributed by atoms with Crippen molar-refractivity contribution in [1.82, 2.24) is 0 Å². The number of rotatable bonds is 4. The van der Waals surface area contributed by atoms with Crippen LogP contribution in [0.3, 0.4) is 0 Å². The number of aliphatic hydroxyl groups excluding tert-OH is 1. The van der Waals surface area contributed by atoms with E-state index in [-0.39, 0.29) is 0 Å². The average Bonchev–Trinajstić information content (AvgIpc) is 2.55. The van der Waals surface area contributed by atoms with E-state index in [2.05, 4.69) is 6.07 Å². The molecule has 3 nitrogen and oxygen atoms in total. The van der Waals surface area contributed by atoms with Crippen LogP contribution in [0, 0.1) is 0 Å². The zero-order valence-corrected chi connectivity index (χ0v) is 12.9. The number of benzene rings is 1. The highest BCUT2D eigenvalue weighted by Crippen LogP contribution is 2.45. The molecule has 2 aliphatic rings. The summed E-state index contributed by atoms with van der Waals surface area (Å²) in [7, 11) is 0. The molecule has 116 valence electrons. The lowest BCUT2D eigenvalue weighted by molar-refractivity contribution is -0.142. The summed E-state index contributed by atoms with van der Waals surface area (Å²) in [6, 6.07) is 6.15. The van der Waals surface area contributed by atoms with Crippen LogP contribution in [0.4, 0.5) is 0 Å². The van der Waals surface area contributed by atoms with Gasteiger partial charge in [0.15, 0.2) is 0 Å². The van der Waals surface area contributed by atoms with Gasteiger partial charge >= 0.3 is 0 Å². The number of aliphatic hydroxyl groups is 1. The van der Waals surface area contributed by atoms with Crippen LogP contribution in [0.25, 0.3) is 0 Å². The Morgan fingerprint density at radius 2 is 2.05 bits per heavy atom. The second-order valence-corrected chi connectivity index (χ2v) is 6.25. The van der Waals surface area contributed by atoms with E-state index in [0.29, 0.717) is 6.61 Å². The number of ether oxygens (including phenoxy) is 2. The fourth-order valence-corrected chi connectivity index (χ4v) is 3.85. The second-order valence-electron chi connectivity index (χ2n) is 6.25. The van der Waals surface area contributed by atoms with Gasteiger partial charge in [-0.15, -0.1) is 0 Å². The minimum atomic E-state index is -0.592. The van der Waals surface area contributed by atoms with Crippen LogP contribution in [0.2, 0.25) is 0 Å². The minimum absolute atomic E-state index is 0.428. The molecule has 1 saturated carbocycles. The summed E-state index contributed by atoms with van der Waals surface area (Å²) in [6.45, 7) is 3.41. The second kappa shape index (κ2) is 6.37. The van der Waals surface area contributed by atoms with Gasteiger partial charge in [0.05, 0.1) is 12.2 Å². The van der Waals surface area contributed by atoms with Gasteiger partial charge in [-0.1, -0.05) is 37.5 Å². The smallest absolute Gasteiger partial charge is 0.128 e. The van der Waals surface area contributed by atoms with Gasteiger partial charge in [0.2, 0.25) is 0 Å². The van der Waals surface area contributed by atoms with E-state index in [0.717, 1.165) is 56.4 Å². The standard InChI is InChI=1S/C18H26O3/c1-2-21-18(11-4-3-5-12-18)17(19)15-10-6-8-14-9-7-13-20-16(14)15/h6,8,10,17,19H,2-5,7,9,11-13H2,1H3. The molecule has 1 aromatic carbocycles. The first-order chi connectivity index (χ1) is 10.3. The Hall–Kier alpha value is -1.06. The van der Waals surface area contributed by atoms with E-state index in [1.165, 1.54) is 12.0 Å². The van der Waals surface area contributed by atoms with Crippen molar-refractivity contribution in [3.8, 4) is 5.75 Å². The van der Waals surface area contributed by atoms with E-state index >= 15 is 0 Å². The van der Waals surface area contributed by atoms with Gasteiger partial charge in [-0.05, 0) is 38.2 Å². The lowest BCUT2D eigenvalue weighted by Crippen LogP contribution is -2.41. The van der Waals surface area contributed by atoms with Crippen LogP contribution in [-0.2, 0) is 11.2 Å². The van der Waals surface area contributed by atoms with Crippen molar-refractivity contribution in [3.63, 3.8) is 0 Å². The van der Waals surface area contributed by atoms with Crippen LogP contribution in [0.1, 0.15) is 62.7 Å². The van der Waals surface area contributed by atoms with Crippen LogP contribution in [0.15, 0.2) is 18.2 Å². The normalized spacial score (nSPS) is 22.2. The molecule has 1 heterocycles. The summed E-state index contributed by atoms with van der Waals surface area (Å²) >= 11 is 0. The first-order valence-electron chi connectivity index (χ1n) is 8.33. The molecule has 1 fully saturated rings. The third-order valence-electron chi connectivity index (χ3n) is 4.89. The molecular weight excluding hydrogens is 264 g/mol. The maximum Gasteiger partial charge on any atom is 0.128 e. The topological polar surface area (TPSA) is 38.7 Å². The predicted octanol–water partition coefficient (Wildman–Crippen LogP) is 3.78. The Morgan fingerprint density at radius 1 is 1.24 bits per heavy atom. The van der Waals surface area contributed by atoms with Crippen LogP contribution >= 0.6 is 0 Å². The highest BCUT2D eigenvalue weighted by Gasteiger charge is 2.42. The number of hydrogen-bond donors (Lipinski definition) is 1. The SMILES string of the molecule is CCOC1(C(O)c2cccc3c2OCCC3)CCCCC1. The lowest BCUT2D eigenvalue weighted by atomic mass is 9.77. The summed E-state index contributed by atoms with van der Waals surface area (Å²) in [6.07, 6.45) is 6.88. The molecule has 3 rings (SSSR count). The van der Waals surface area contributed by atoms with Crippen molar-refractivity contribution >= 4 is 0 Å². The average molecular weight is 290 g/mol. The van der Waals surface area contributed by atoms with Crippen molar-refractivity contribution in [2.24, 2.45) is 0 Å². The summed E-state index contributed by atoms with van der Waals surface area (Å²) in [5.74, 6) is 0.904. The zero-order chi connectivity index (χ0) is 14.7. The zero-order valence-electron chi connectivity index (χ0n) is 12.9. The van der Waals surface area contributed by atoms with Crippen molar-refractivity contribution in [2.45, 2.75) is 63.6 Å². The number of para-hydroxylation sites is 1. The Kier molecular flexibility index (Phi) is 4.51. The van der Waals surface area contributed by atoms with Crippen molar-refractivity contribution in [2.75, 3.05) is 13.2 Å². The molecule has 1 aliphatic heterocycles. The Labute approximate surface area is 127 Å². The molecule has 0 aromatic heterocycles. The molecule has 0 radical (unpaired) electrons. The fraction of sp³-hybridized carbons (Fsp3) is 0.667. The molecule has 0 saturated heterocycles. The fourth-order valence-electron chi connectivity index (χ4n) is 3.85. The third-order valence-corrected chi connectivity index (χ3v) is 4.89.